The zero-order chi connectivity index (χ0) is 8.97. The van der Waals surface area contributed by atoms with Crippen molar-refractivity contribution in [2.45, 2.75) is 25.8 Å². The van der Waals surface area contributed by atoms with Crippen LogP contribution in [0.5, 0.6) is 0 Å². The molecule has 0 radical (unpaired) electrons. The molecule has 0 aliphatic rings. The summed E-state index contributed by atoms with van der Waals surface area (Å²) in [5, 5.41) is 15.7. The van der Waals surface area contributed by atoms with Gasteiger partial charge in [0.1, 0.15) is 12.7 Å². The highest BCUT2D eigenvalue weighted by Gasteiger charge is 2.06. The number of nitrogens with zero attached hydrogens (tertiary/aromatic N) is 3. The summed E-state index contributed by atoms with van der Waals surface area (Å²) < 4.78 is 1.79. The maximum absolute atomic E-state index is 10.2. The number of aliphatic carboxylic acids is 1. The van der Waals surface area contributed by atoms with E-state index in [2.05, 4.69) is 10.2 Å². The van der Waals surface area contributed by atoms with Crippen LogP contribution < -0.4 is 0 Å². The van der Waals surface area contributed by atoms with E-state index in [1.807, 2.05) is 6.92 Å². The van der Waals surface area contributed by atoms with E-state index < -0.39 is 5.97 Å². The Labute approximate surface area is 70.0 Å². The van der Waals surface area contributed by atoms with E-state index in [1.54, 1.807) is 17.2 Å². The van der Waals surface area contributed by atoms with E-state index in [0.29, 0.717) is 6.42 Å². The summed E-state index contributed by atoms with van der Waals surface area (Å²) in [6.45, 7) is 1.94. The van der Waals surface area contributed by atoms with Crippen LogP contribution in [0.4, 0.5) is 0 Å². The lowest BCUT2D eigenvalue weighted by Gasteiger charge is -2.09. The first kappa shape index (κ1) is 8.70. The first-order valence-corrected chi connectivity index (χ1v) is 3.76. The fourth-order valence-electron chi connectivity index (χ4n) is 0.918. The van der Waals surface area contributed by atoms with Gasteiger partial charge in [-0.05, 0) is 13.3 Å². The van der Waals surface area contributed by atoms with Crippen LogP contribution in [0.2, 0.25) is 0 Å². The zero-order valence-corrected chi connectivity index (χ0v) is 6.84. The maximum Gasteiger partial charge on any atom is 0.303 e. The summed E-state index contributed by atoms with van der Waals surface area (Å²) in [6.07, 6.45) is 3.96. The summed E-state index contributed by atoms with van der Waals surface area (Å²) in [6, 6.07) is 0.149. The Kier molecular flexibility index (Phi) is 2.79. The van der Waals surface area contributed by atoms with E-state index >= 15 is 0 Å². The van der Waals surface area contributed by atoms with Crippen LogP contribution in [-0.2, 0) is 4.79 Å². The van der Waals surface area contributed by atoms with E-state index in [4.69, 9.17) is 5.11 Å². The molecule has 1 rings (SSSR count). The second kappa shape index (κ2) is 3.85. The van der Waals surface area contributed by atoms with Gasteiger partial charge in [-0.25, -0.2) is 0 Å². The van der Waals surface area contributed by atoms with Crippen molar-refractivity contribution in [2.75, 3.05) is 0 Å². The number of rotatable bonds is 4. The quantitative estimate of drug-likeness (QED) is 0.720. The number of hydrogen-bond acceptors (Lipinski definition) is 3. The normalized spacial score (nSPS) is 12.8. The molecular formula is C7H11N3O2. The van der Waals surface area contributed by atoms with Gasteiger partial charge < -0.3 is 9.67 Å². The average molecular weight is 169 g/mol. The van der Waals surface area contributed by atoms with E-state index in [0.717, 1.165) is 0 Å². The summed E-state index contributed by atoms with van der Waals surface area (Å²) in [7, 11) is 0. The second-order valence-corrected chi connectivity index (χ2v) is 2.69. The highest BCUT2D eigenvalue weighted by Crippen LogP contribution is 2.10. The summed E-state index contributed by atoms with van der Waals surface area (Å²) in [4.78, 5) is 10.2. The van der Waals surface area contributed by atoms with Crippen molar-refractivity contribution in [3.05, 3.63) is 12.7 Å². The lowest BCUT2D eigenvalue weighted by molar-refractivity contribution is -0.137. The molecule has 1 unspecified atom stereocenters. The molecule has 0 spiro atoms. The predicted octanol–water partition coefficient (Wildman–Crippen LogP) is 0.704. The third kappa shape index (κ3) is 2.34. The molecule has 1 aromatic heterocycles. The van der Waals surface area contributed by atoms with Gasteiger partial charge >= 0.3 is 5.97 Å². The molecule has 0 saturated carbocycles. The molecule has 12 heavy (non-hydrogen) atoms. The number of hydrogen-bond donors (Lipinski definition) is 1. The van der Waals surface area contributed by atoms with Gasteiger partial charge in [0.2, 0.25) is 0 Å². The molecule has 0 saturated heterocycles. The Morgan fingerprint density at radius 2 is 2.17 bits per heavy atom. The molecule has 1 aromatic rings. The monoisotopic (exact) mass is 169 g/mol. The van der Waals surface area contributed by atoms with Crippen LogP contribution in [0, 0.1) is 0 Å². The molecule has 0 aromatic carbocycles. The first-order chi connectivity index (χ1) is 5.70. The van der Waals surface area contributed by atoms with Gasteiger partial charge in [-0.1, -0.05) is 0 Å². The van der Waals surface area contributed by atoms with Crippen molar-refractivity contribution >= 4 is 5.97 Å². The average Bonchev–Trinajstić information content (AvgIpc) is 2.51. The van der Waals surface area contributed by atoms with Crippen molar-refractivity contribution in [3.8, 4) is 0 Å². The number of carbonyl (C=O) groups is 1. The van der Waals surface area contributed by atoms with Crippen LogP contribution in [0.25, 0.3) is 0 Å². The molecule has 0 fully saturated rings. The highest BCUT2D eigenvalue weighted by atomic mass is 16.4. The topological polar surface area (TPSA) is 68.0 Å². The van der Waals surface area contributed by atoms with Crippen LogP contribution >= 0.6 is 0 Å². The van der Waals surface area contributed by atoms with Crippen LogP contribution in [0.15, 0.2) is 12.7 Å². The molecular weight excluding hydrogens is 158 g/mol. The van der Waals surface area contributed by atoms with Gasteiger partial charge in [-0.3, -0.25) is 4.79 Å². The maximum atomic E-state index is 10.2. The molecule has 0 bridgehead atoms. The van der Waals surface area contributed by atoms with Gasteiger partial charge in [0.15, 0.2) is 0 Å². The summed E-state index contributed by atoms with van der Waals surface area (Å²) in [5.41, 5.74) is 0. The van der Waals surface area contributed by atoms with Crippen molar-refractivity contribution < 1.29 is 9.90 Å². The number of carboxylic acid groups (broad SMARTS) is 1. The minimum Gasteiger partial charge on any atom is -0.481 e. The van der Waals surface area contributed by atoms with E-state index in [1.165, 1.54) is 0 Å². The molecule has 0 amide bonds. The fourth-order valence-corrected chi connectivity index (χ4v) is 0.918. The smallest absolute Gasteiger partial charge is 0.303 e. The van der Waals surface area contributed by atoms with Crippen LogP contribution in [0.3, 0.4) is 0 Å². The van der Waals surface area contributed by atoms with Crippen molar-refractivity contribution in [1.29, 1.82) is 0 Å². The lowest BCUT2D eigenvalue weighted by Crippen LogP contribution is -2.05. The Morgan fingerprint density at radius 3 is 2.67 bits per heavy atom. The van der Waals surface area contributed by atoms with E-state index in [9.17, 15) is 4.79 Å². The molecule has 1 heterocycles. The van der Waals surface area contributed by atoms with Gasteiger partial charge in [-0.2, -0.15) is 0 Å². The van der Waals surface area contributed by atoms with Gasteiger partial charge in [0.25, 0.3) is 0 Å². The largest absolute Gasteiger partial charge is 0.481 e. The minimum atomic E-state index is -0.769. The third-order valence-corrected chi connectivity index (χ3v) is 1.72. The first-order valence-electron chi connectivity index (χ1n) is 3.76. The molecule has 5 nitrogen and oxygen atoms in total. The highest BCUT2D eigenvalue weighted by molar-refractivity contribution is 5.66. The van der Waals surface area contributed by atoms with Crippen LogP contribution in [0.1, 0.15) is 25.8 Å². The predicted molar refractivity (Wildman–Crippen MR) is 41.6 cm³/mol. The number of aromatic nitrogens is 3. The summed E-state index contributed by atoms with van der Waals surface area (Å²) in [5.74, 6) is -0.769. The second-order valence-electron chi connectivity index (χ2n) is 2.69. The van der Waals surface area contributed by atoms with Gasteiger partial charge in [-0.15, -0.1) is 10.2 Å². The van der Waals surface area contributed by atoms with Crippen molar-refractivity contribution in [1.82, 2.24) is 14.8 Å². The Balaban J connectivity index is 2.39. The summed E-state index contributed by atoms with van der Waals surface area (Å²) >= 11 is 0. The van der Waals surface area contributed by atoms with E-state index in [-0.39, 0.29) is 12.5 Å². The zero-order valence-electron chi connectivity index (χ0n) is 6.84. The Morgan fingerprint density at radius 1 is 1.58 bits per heavy atom. The van der Waals surface area contributed by atoms with Gasteiger partial charge in [0, 0.05) is 12.5 Å². The minimum absolute atomic E-state index is 0.149. The molecule has 1 N–H and O–H groups in total. The molecule has 5 heteroatoms. The Hall–Kier alpha value is -1.39. The molecule has 1 atom stereocenters. The van der Waals surface area contributed by atoms with Crippen molar-refractivity contribution in [2.24, 2.45) is 0 Å². The molecule has 66 valence electrons. The lowest BCUT2D eigenvalue weighted by atomic mass is 10.2. The molecule has 0 aliphatic carbocycles. The fraction of sp³-hybridized carbons (Fsp3) is 0.571. The van der Waals surface area contributed by atoms with Gasteiger partial charge in [0.05, 0.1) is 0 Å². The SMILES string of the molecule is CC(CCC(=O)O)n1cnnc1. The van der Waals surface area contributed by atoms with Crippen molar-refractivity contribution in [3.63, 3.8) is 0 Å². The number of carboxylic acids is 1. The third-order valence-electron chi connectivity index (χ3n) is 1.72. The Bertz CT molecular complexity index is 245. The standard InChI is InChI=1S/C7H11N3O2/c1-6(2-3-7(11)12)10-4-8-9-5-10/h4-6H,2-3H2,1H3,(H,11,12). The van der Waals surface area contributed by atoms with Crippen LogP contribution in [-0.4, -0.2) is 25.8 Å². The molecule has 0 aliphatic heterocycles.